The second-order valence-corrected chi connectivity index (χ2v) is 13.3. The Hall–Kier alpha value is -1.57. The van der Waals surface area contributed by atoms with E-state index >= 15 is 0 Å². The maximum atomic E-state index is 12.3. The van der Waals surface area contributed by atoms with E-state index in [9.17, 15) is 9.59 Å². The lowest BCUT2D eigenvalue weighted by molar-refractivity contribution is 0.0780. The van der Waals surface area contributed by atoms with Crippen molar-refractivity contribution in [1.82, 2.24) is 9.78 Å². The number of hydrogen-bond donors (Lipinski definition) is 0. The number of Topliss-reactive ketones (excluding diaryl/α,β-unsaturated/α-hetero) is 2. The maximum absolute atomic E-state index is 12.3. The summed E-state index contributed by atoms with van der Waals surface area (Å²) in [5, 5.41) is 4.09. The molecule has 0 fully saturated rings. The molecular weight excluding hydrogens is 388 g/mol. The monoisotopic (exact) mass is 408 g/mol. The molecule has 1 aromatic heterocycles. The third kappa shape index (κ3) is 5.50. The van der Waals surface area contributed by atoms with Gasteiger partial charge in [0.15, 0.2) is 0 Å². The molecule has 2 aromatic rings. The average Bonchev–Trinajstić information content (AvgIpc) is 2.98. The predicted molar refractivity (Wildman–Crippen MR) is 99.1 cm³/mol. The normalized spacial score (nSPS) is 11.5. The van der Waals surface area contributed by atoms with Crippen LogP contribution in [0.2, 0.25) is 25.7 Å². The second kappa shape index (κ2) is 8.00. The number of halogens is 1. The number of aromatic nitrogens is 2. The number of rotatable bonds is 8. The van der Waals surface area contributed by atoms with Gasteiger partial charge in [-0.15, -0.1) is 0 Å². The minimum absolute atomic E-state index is 0.272. The van der Waals surface area contributed by atoms with Crippen LogP contribution >= 0.6 is 15.9 Å². The second-order valence-electron chi connectivity index (χ2n) is 6.79. The van der Waals surface area contributed by atoms with Crippen LogP contribution in [-0.2, 0) is 11.5 Å². The predicted octanol–water partition coefficient (Wildman–Crippen LogP) is 4.02. The molecule has 5 nitrogen and oxygen atoms in total. The molecule has 1 aromatic carbocycles. The van der Waals surface area contributed by atoms with Crippen molar-refractivity contribution in [3.8, 4) is 0 Å². The van der Waals surface area contributed by atoms with Gasteiger partial charge in [0.25, 0.3) is 0 Å². The molecule has 7 heteroatoms. The summed E-state index contributed by atoms with van der Waals surface area (Å²) in [5.41, 5.74) is 0.627. The highest BCUT2D eigenvalue weighted by molar-refractivity contribution is 9.10. The molecule has 0 bridgehead atoms. The number of hydrogen-bond acceptors (Lipinski definition) is 4. The van der Waals surface area contributed by atoms with Gasteiger partial charge in [-0.1, -0.05) is 47.7 Å². The van der Waals surface area contributed by atoms with Gasteiger partial charge in [-0.2, -0.15) is 5.10 Å². The van der Waals surface area contributed by atoms with Crippen molar-refractivity contribution in [3.63, 3.8) is 0 Å². The fraction of sp³-hybridized carbons (Fsp3) is 0.353. The Morgan fingerprint density at radius 3 is 2.58 bits per heavy atom. The summed E-state index contributed by atoms with van der Waals surface area (Å²) in [6, 6.07) is 7.85. The standard InChI is InChI=1S/C17H21BrN2O3Si/c1-24(2,3)8-7-23-12-20-11-14(10-19-20)17(22)16(21)13-5-4-6-15(18)9-13/h4-6,9-11H,7-8,12H2,1-3H3. The molecule has 0 N–H and O–H groups in total. The molecule has 2 rings (SSSR count). The van der Waals surface area contributed by atoms with Gasteiger partial charge in [-0.3, -0.25) is 9.59 Å². The van der Waals surface area contributed by atoms with Gasteiger partial charge >= 0.3 is 0 Å². The first kappa shape index (κ1) is 18.8. The molecule has 0 aliphatic carbocycles. The number of nitrogens with zero attached hydrogens (tertiary/aromatic N) is 2. The van der Waals surface area contributed by atoms with Crippen molar-refractivity contribution in [2.75, 3.05) is 6.61 Å². The molecule has 0 saturated carbocycles. The lowest BCUT2D eigenvalue weighted by atomic mass is 10.0. The van der Waals surface area contributed by atoms with Gasteiger partial charge in [0, 0.05) is 30.9 Å². The minimum atomic E-state index is -1.12. The van der Waals surface area contributed by atoms with Crippen LogP contribution in [0.5, 0.6) is 0 Å². The Morgan fingerprint density at radius 2 is 1.92 bits per heavy atom. The van der Waals surface area contributed by atoms with Gasteiger partial charge in [-0.25, -0.2) is 4.68 Å². The van der Waals surface area contributed by atoms with Gasteiger partial charge < -0.3 is 4.74 Å². The lowest BCUT2D eigenvalue weighted by Gasteiger charge is -2.15. The molecule has 0 aliphatic heterocycles. The van der Waals surface area contributed by atoms with E-state index in [4.69, 9.17) is 4.74 Å². The van der Waals surface area contributed by atoms with Gasteiger partial charge in [0.05, 0.1) is 11.8 Å². The third-order valence-corrected chi connectivity index (χ3v) is 5.61. The lowest BCUT2D eigenvalue weighted by Crippen LogP contribution is -2.22. The van der Waals surface area contributed by atoms with Crippen LogP contribution in [0.25, 0.3) is 0 Å². The summed E-state index contributed by atoms with van der Waals surface area (Å²) in [5.74, 6) is -1.11. The van der Waals surface area contributed by atoms with Crippen LogP contribution in [0.4, 0.5) is 0 Å². The number of ketones is 2. The van der Waals surface area contributed by atoms with E-state index in [1.807, 2.05) is 0 Å². The van der Waals surface area contributed by atoms with Crippen LogP contribution in [0.1, 0.15) is 20.7 Å². The Bertz CT molecular complexity index is 737. The summed E-state index contributed by atoms with van der Waals surface area (Å²) in [4.78, 5) is 24.5. The van der Waals surface area contributed by atoms with Crippen molar-refractivity contribution in [3.05, 3.63) is 52.3 Å². The van der Waals surface area contributed by atoms with Crippen LogP contribution in [-0.4, -0.2) is 36.0 Å². The number of carbonyl (C=O) groups is 2. The van der Waals surface area contributed by atoms with Crippen LogP contribution < -0.4 is 0 Å². The molecule has 0 amide bonds. The Balaban J connectivity index is 1.94. The molecule has 0 unspecified atom stereocenters. The summed E-state index contributed by atoms with van der Waals surface area (Å²) >= 11 is 3.30. The summed E-state index contributed by atoms with van der Waals surface area (Å²) in [7, 11) is -1.12. The van der Waals surface area contributed by atoms with Gasteiger partial charge in [-0.05, 0) is 18.2 Å². The van der Waals surface area contributed by atoms with E-state index in [-0.39, 0.29) is 12.3 Å². The molecule has 1 heterocycles. The highest BCUT2D eigenvalue weighted by Crippen LogP contribution is 2.14. The van der Waals surface area contributed by atoms with Gasteiger partial charge in [0.2, 0.25) is 11.6 Å². The zero-order valence-corrected chi connectivity index (χ0v) is 16.7. The molecular formula is C17H21BrN2O3Si. The van der Waals surface area contributed by atoms with Crippen LogP contribution in [0.15, 0.2) is 41.1 Å². The number of carbonyl (C=O) groups excluding carboxylic acids is 2. The van der Waals surface area contributed by atoms with E-state index in [0.717, 1.165) is 10.5 Å². The van der Waals surface area contributed by atoms with E-state index < -0.39 is 19.6 Å². The topological polar surface area (TPSA) is 61.2 Å². The maximum Gasteiger partial charge on any atom is 0.236 e. The molecule has 0 spiro atoms. The van der Waals surface area contributed by atoms with Crippen molar-refractivity contribution in [1.29, 1.82) is 0 Å². The quantitative estimate of drug-likeness (QED) is 0.286. The fourth-order valence-corrected chi connectivity index (χ4v) is 3.14. The molecule has 24 heavy (non-hydrogen) atoms. The first-order valence-corrected chi connectivity index (χ1v) is 12.2. The summed E-state index contributed by atoms with van der Waals surface area (Å²) in [6.45, 7) is 7.82. The SMILES string of the molecule is C[Si](C)(C)CCOCn1cc(C(=O)C(=O)c2cccc(Br)c2)cn1. The summed E-state index contributed by atoms with van der Waals surface area (Å²) < 4.78 is 7.87. The van der Waals surface area contributed by atoms with Crippen molar-refractivity contribution < 1.29 is 14.3 Å². The molecule has 0 aliphatic rings. The first-order valence-electron chi connectivity index (χ1n) is 7.71. The molecule has 0 radical (unpaired) electrons. The Morgan fingerprint density at radius 1 is 1.21 bits per heavy atom. The van der Waals surface area contributed by atoms with E-state index in [0.29, 0.717) is 12.2 Å². The zero-order chi connectivity index (χ0) is 17.7. The Labute approximate surface area is 151 Å². The highest BCUT2D eigenvalue weighted by Gasteiger charge is 2.20. The first-order chi connectivity index (χ1) is 11.3. The zero-order valence-electron chi connectivity index (χ0n) is 14.1. The van der Waals surface area contributed by atoms with Crippen molar-refractivity contribution in [2.45, 2.75) is 32.4 Å². The minimum Gasteiger partial charge on any atom is -0.360 e. The molecule has 0 atom stereocenters. The average molecular weight is 409 g/mol. The highest BCUT2D eigenvalue weighted by atomic mass is 79.9. The van der Waals surface area contributed by atoms with Gasteiger partial charge in [0.1, 0.15) is 6.73 Å². The van der Waals surface area contributed by atoms with Crippen molar-refractivity contribution >= 4 is 35.6 Å². The van der Waals surface area contributed by atoms with E-state index in [1.54, 1.807) is 30.5 Å². The molecule has 0 saturated heterocycles. The largest absolute Gasteiger partial charge is 0.360 e. The van der Waals surface area contributed by atoms with Crippen LogP contribution in [0.3, 0.4) is 0 Å². The van der Waals surface area contributed by atoms with E-state index in [2.05, 4.69) is 40.7 Å². The molecule has 128 valence electrons. The van der Waals surface area contributed by atoms with Crippen LogP contribution in [0, 0.1) is 0 Å². The number of ether oxygens (including phenoxy) is 1. The smallest absolute Gasteiger partial charge is 0.236 e. The van der Waals surface area contributed by atoms with Crippen molar-refractivity contribution in [2.24, 2.45) is 0 Å². The summed E-state index contributed by atoms with van der Waals surface area (Å²) in [6.07, 6.45) is 2.95. The third-order valence-electron chi connectivity index (χ3n) is 3.41. The fourth-order valence-electron chi connectivity index (χ4n) is 1.98. The number of benzene rings is 1. The van der Waals surface area contributed by atoms with E-state index in [1.165, 1.54) is 10.9 Å². The Kier molecular flexibility index (Phi) is 6.25.